The lowest BCUT2D eigenvalue weighted by molar-refractivity contribution is -0.149. The number of aliphatic hydroxyl groups excluding tert-OH is 1. The lowest BCUT2D eigenvalue weighted by Crippen LogP contribution is -2.53. The van der Waals surface area contributed by atoms with Crippen molar-refractivity contribution in [3.8, 4) is 5.75 Å². The number of hydrogen-bond donors (Lipinski definition) is 6. The standard InChI is InChI=1S/C30H43N5O8/c1-18(2)32-16-21(36)17-43-25-11-6-8-20-12-13-22(34-26(20)25)27(37)31-14-5-4-9-23(29(39)40)33-19(3)28(38)35-15-7-10-24(35)30(41)42/h6,8,11-13,18-19,21,23-24,32-33,36H,4-5,7,9-10,14-17H2,1-3H3,(H,31,37)(H,39,40)(H,41,42)/t19-,21?,23?,24-/m0/s1. The summed E-state index contributed by atoms with van der Waals surface area (Å²) < 4.78 is 5.80. The molecule has 2 unspecified atom stereocenters. The largest absolute Gasteiger partial charge is 0.489 e. The summed E-state index contributed by atoms with van der Waals surface area (Å²) in [6.45, 7) is 6.58. The fourth-order valence-corrected chi connectivity index (χ4v) is 4.93. The number of para-hydroxylation sites is 1. The molecule has 1 fully saturated rings. The van der Waals surface area contributed by atoms with Crippen LogP contribution in [0, 0.1) is 0 Å². The molecule has 1 aliphatic heterocycles. The Balaban J connectivity index is 1.48. The summed E-state index contributed by atoms with van der Waals surface area (Å²) in [6, 6.07) is 6.28. The Morgan fingerprint density at radius 2 is 1.86 bits per heavy atom. The Bertz CT molecular complexity index is 1270. The van der Waals surface area contributed by atoms with Crippen molar-refractivity contribution in [1.82, 2.24) is 25.8 Å². The molecule has 1 aromatic heterocycles. The number of fused-ring (bicyclic) bond motifs is 1. The van der Waals surface area contributed by atoms with Crippen LogP contribution in [0.2, 0.25) is 0 Å². The molecule has 0 bridgehead atoms. The van der Waals surface area contributed by atoms with E-state index < -0.39 is 42.1 Å². The predicted molar refractivity (Wildman–Crippen MR) is 159 cm³/mol. The summed E-state index contributed by atoms with van der Waals surface area (Å²) in [5, 5.41) is 38.7. The van der Waals surface area contributed by atoms with Gasteiger partial charge in [-0.2, -0.15) is 0 Å². The van der Waals surface area contributed by atoms with Crippen molar-refractivity contribution < 1.29 is 39.2 Å². The van der Waals surface area contributed by atoms with Gasteiger partial charge in [-0.25, -0.2) is 9.78 Å². The van der Waals surface area contributed by atoms with E-state index in [1.165, 1.54) is 11.8 Å². The lowest BCUT2D eigenvalue weighted by Gasteiger charge is -2.27. The maximum atomic E-state index is 12.8. The van der Waals surface area contributed by atoms with E-state index in [2.05, 4.69) is 20.9 Å². The molecule has 3 rings (SSSR count). The molecular weight excluding hydrogens is 558 g/mol. The second-order valence-corrected chi connectivity index (χ2v) is 11.1. The summed E-state index contributed by atoms with van der Waals surface area (Å²) in [5.74, 6) is -2.53. The predicted octanol–water partition coefficient (Wildman–Crippen LogP) is 1.38. The molecule has 13 nitrogen and oxygen atoms in total. The SMILES string of the molecule is CC(C)NCC(O)COc1cccc2ccc(C(=O)NCCCCC(N[C@@H](C)C(=O)N3CCC[C@H]3C(=O)O)C(=O)O)nc12. The van der Waals surface area contributed by atoms with Crippen LogP contribution >= 0.6 is 0 Å². The van der Waals surface area contributed by atoms with Gasteiger partial charge >= 0.3 is 11.9 Å². The number of aromatic nitrogens is 1. The Morgan fingerprint density at radius 3 is 2.56 bits per heavy atom. The number of likely N-dealkylation sites (tertiary alicyclic amines) is 1. The first-order chi connectivity index (χ1) is 20.5. The van der Waals surface area contributed by atoms with Gasteiger partial charge in [0.15, 0.2) is 0 Å². The zero-order valence-electron chi connectivity index (χ0n) is 24.9. The average molecular weight is 602 g/mol. The van der Waals surface area contributed by atoms with Crippen LogP contribution in [0.25, 0.3) is 10.9 Å². The van der Waals surface area contributed by atoms with Gasteiger partial charge in [-0.1, -0.05) is 32.0 Å². The number of pyridine rings is 1. The fourth-order valence-electron chi connectivity index (χ4n) is 4.93. The molecular formula is C30H43N5O8. The van der Waals surface area contributed by atoms with Crippen LogP contribution < -0.4 is 20.7 Å². The zero-order chi connectivity index (χ0) is 31.5. The number of carboxylic acid groups (broad SMARTS) is 2. The smallest absolute Gasteiger partial charge is 0.326 e. The second-order valence-electron chi connectivity index (χ2n) is 11.1. The van der Waals surface area contributed by atoms with E-state index in [0.29, 0.717) is 56.6 Å². The number of nitrogens with one attached hydrogen (secondary N) is 3. The maximum absolute atomic E-state index is 12.8. The van der Waals surface area contributed by atoms with Gasteiger partial charge in [0.25, 0.3) is 5.91 Å². The van der Waals surface area contributed by atoms with Gasteiger partial charge in [0.05, 0.1) is 6.04 Å². The number of hydrogen-bond acceptors (Lipinski definition) is 9. The van der Waals surface area contributed by atoms with Crippen molar-refractivity contribution in [2.24, 2.45) is 0 Å². The third-order valence-corrected chi connectivity index (χ3v) is 7.25. The van der Waals surface area contributed by atoms with Crippen molar-refractivity contribution in [2.45, 2.75) is 83.1 Å². The van der Waals surface area contributed by atoms with E-state index in [1.54, 1.807) is 18.2 Å². The molecule has 0 saturated carbocycles. The van der Waals surface area contributed by atoms with E-state index >= 15 is 0 Å². The third kappa shape index (κ3) is 9.87. The van der Waals surface area contributed by atoms with Gasteiger partial charge in [0, 0.05) is 31.1 Å². The molecule has 2 amide bonds. The van der Waals surface area contributed by atoms with E-state index in [-0.39, 0.29) is 30.7 Å². The van der Waals surface area contributed by atoms with Crippen LogP contribution in [-0.4, -0.2) is 105 Å². The highest BCUT2D eigenvalue weighted by Crippen LogP contribution is 2.24. The van der Waals surface area contributed by atoms with Crippen molar-refractivity contribution >= 4 is 34.7 Å². The number of rotatable bonds is 17. The Labute approximate surface area is 251 Å². The van der Waals surface area contributed by atoms with Crippen LogP contribution in [0.5, 0.6) is 5.75 Å². The van der Waals surface area contributed by atoms with Crippen molar-refractivity contribution in [3.63, 3.8) is 0 Å². The monoisotopic (exact) mass is 601 g/mol. The van der Waals surface area contributed by atoms with Crippen LogP contribution in [0.15, 0.2) is 30.3 Å². The number of carbonyl (C=O) groups is 4. The van der Waals surface area contributed by atoms with E-state index in [9.17, 15) is 34.5 Å². The summed E-state index contributed by atoms with van der Waals surface area (Å²) in [6.07, 6.45) is 1.44. The molecule has 1 saturated heterocycles. The highest BCUT2D eigenvalue weighted by molar-refractivity contribution is 5.96. The first-order valence-electron chi connectivity index (χ1n) is 14.7. The van der Waals surface area contributed by atoms with Crippen LogP contribution in [0.3, 0.4) is 0 Å². The van der Waals surface area contributed by atoms with E-state index in [0.717, 1.165) is 5.39 Å². The summed E-state index contributed by atoms with van der Waals surface area (Å²) >= 11 is 0. The van der Waals surface area contributed by atoms with Crippen molar-refractivity contribution in [3.05, 3.63) is 36.0 Å². The van der Waals surface area contributed by atoms with Gasteiger partial charge < -0.3 is 35.6 Å². The highest BCUT2D eigenvalue weighted by Gasteiger charge is 2.36. The second kappa shape index (κ2) is 16.1. The molecule has 1 aromatic carbocycles. The Hall–Kier alpha value is -3.81. The maximum Gasteiger partial charge on any atom is 0.326 e. The normalized spacial score (nSPS) is 17.0. The molecule has 1 aliphatic rings. The first kappa shape index (κ1) is 33.7. The zero-order valence-corrected chi connectivity index (χ0v) is 24.9. The van der Waals surface area contributed by atoms with Crippen molar-refractivity contribution in [2.75, 3.05) is 26.2 Å². The number of nitrogens with zero attached hydrogens (tertiary/aromatic N) is 2. The number of carbonyl (C=O) groups excluding carboxylic acids is 2. The molecule has 0 radical (unpaired) electrons. The minimum Gasteiger partial charge on any atom is -0.489 e. The lowest BCUT2D eigenvalue weighted by atomic mass is 10.1. The molecule has 0 spiro atoms. The number of aliphatic carboxylic acids is 2. The quantitative estimate of drug-likeness (QED) is 0.144. The average Bonchev–Trinajstić information content (AvgIpc) is 3.47. The van der Waals surface area contributed by atoms with E-state index in [1.807, 2.05) is 26.0 Å². The first-order valence-corrected chi connectivity index (χ1v) is 14.7. The highest BCUT2D eigenvalue weighted by atomic mass is 16.5. The molecule has 43 heavy (non-hydrogen) atoms. The third-order valence-electron chi connectivity index (χ3n) is 7.25. The molecule has 4 atom stereocenters. The topological polar surface area (TPSA) is 190 Å². The Kier molecular flexibility index (Phi) is 12.7. The number of ether oxygens (including phenoxy) is 1. The summed E-state index contributed by atoms with van der Waals surface area (Å²) in [5.41, 5.74) is 0.700. The fraction of sp³-hybridized carbons (Fsp3) is 0.567. The number of aliphatic hydroxyl groups is 1. The number of benzene rings is 1. The number of unbranched alkanes of at least 4 members (excludes halogenated alkanes) is 1. The van der Waals surface area contributed by atoms with Crippen molar-refractivity contribution in [1.29, 1.82) is 0 Å². The molecule has 13 heteroatoms. The molecule has 236 valence electrons. The molecule has 2 aromatic rings. The summed E-state index contributed by atoms with van der Waals surface area (Å²) in [7, 11) is 0. The summed E-state index contributed by atoms with van der Waals surface area (Å²) in [4.78, 5) is 54.5. The molecule has 0 aliphatic carbocycles. The van der Waals surface area contributed by atoms with Crippen LogP contribution in [-0.2, 0) is 14.4 Å². The number of amides is 2. The molecule has 2 heterocycles. The van der Waals surface area contributed by atoms with Gasteiger partial charge in [-0.15, -0.1) is 0 Å². The van der Waals surface area contributed by atoms with Crippen LogP contribution in [0.4, 0.5) is 0 Å². The van der Waals surface area contributed by atoms with Gasteiger partial charge in [-0.05, 0) is 51.2 Å². The van der Waals surface area contributed by atoms with E-state index in [4.69, 9.17) is 4.74 Å². The number of carboxylic acids is 2. The Morgan fingerprint density at radius 1 is 1.09 bits per heavy atom. The minimum absolute atomic E-state index is 0.0666. The minimum atomic E-state index is -1.11. The van der Waals surface area contributed by atoms with Gasteiger partial charge in [-0.3, -0.25) is 19.7 Å². The van der Waals surface area contributed by atoms with Gasteiger partial charge in [0.1, 0.15) is 41.8 Å². The van der Waals surface area contributed by atoms with Crippen LogP contribution in [0.1, 0.15) is 63.4 Å². The molecule has 6 N–H and O–H groups in total. The van der Waals surface area contributed by atoms with Gasteiger partial charge in [0.2, 0.25) is 5.91 Å².